The average Bonchev–Trinajstić information content (AvgIpc) is 2.86. The van der Waals surface area contributed by atoms with E-state index in [9.17, 15) is 4.79 Å². The molecule has 1 unspecified atom stereocenters. The summed E-state index contributed by atoms with van der Waals surface area (Å²) in [6.45, 7) is 2.06. The molecule has 0 bridgehead atoms. The van der Waals surface area contributed by atoms with Gasteiger partial charge in [-0.25, -0.2) is 0 Å². The number of fused-ring (bicyclic) bond motifs is 1. The van der Waals surface area contributed by atoms with Crippen molar-refractivity contribution in [2.24, 2.45) is 4.99 Å². The van der Waals surface area contributed by atoms with Gasteiger partial charge in [-0.15, -0.1) is 0 Å². The van der Waals surface area contributed by atoms with Crippen molar-refractivity contribution in [1.82, 2.24) is 0 Å². The van der Waals surface area contributed by atoms with Crippen LogP contribution in [-0.2, 0) is 11.2 Å². The van der Waals surface area contributed by atoms with Crippen LogP contribution in [0.25, 0.3) is 0 Å². The summed E-state index contributed by atoms with van der Waals surface area (Å²) in [6.07, 6.45) is 0.539. The molecule has 3 aromatic carbocycles. The number of halogens is 1. The monoisotopic (exact) mass is 418 g/mol. The molecule has 1 amide bonds. The van der Waals surface area contributed by atoms with Crippen molar-refractivity contribution >= 4 is 28.9 Å². The van der Waals surface area contributed by atoms with Crippen molar-refractivity contribution in [2.45, 2.75) is 19.4 Å². The molecule has 5 heteroatoms. The molecule has 0 saturated carbocycles. The van der Waals surface area contributed by atoms with E-state index in [1.807, 2.05) is 48.5 Å². The number of amides is 1. The fourth-order valence-electron chi connectivity index (χ4n) is 3.77. The molecule has 1 atom stereocenters. The number of hydrogen-bond acceptors (Lipinski definition) is 3. The largest absolute Gasteiger partial charge is 0.497 e. The number of aliphatic imine (C=N–C) groups is 1. The van der Waals surface area contributed by atoms with E-state index in [4.69, 9.17) is 21.3 Å². The maximum absolute atomic E-state index is 13.4. The van der Waals surface area contributed by atoms with E-state index in [1.54, 1.807) is 25.1 Å². The second-order valence-electron chi connectivity index (χ2n) is 7.41. The van der Waals surface area contributed by atoms with Gasteiger partial charge in [0.1, 0.15) is 11.8 Å². The molecule has 0 N–H and O–H groups in total. The van der Waals surface area contributed by atoms with Gasteiger partial charge in [0.05, 0.1) is 18.5 Å². The Kier molecular flexibility index (Phi) is 5.60. The zero-order chi connectivity index (χ0) is 21.3. The van der Waals surface area contributed by atoms with Crippen LogP contribution in [0.5, 0.6) is 5.75 Å². The van der Waals surface area contributed by atoms with Gasteiger partial charge >= 0.3 is 0 Å². The van der Waals surface area contributed by atoms with Crippen molar-refractivity contribution in [2.75, 3.05) is 19.1 Å². The van der Waals surface area contributed by atoms with Crippen LogP contribution in [0.2, 0.25) is 5.02 Å². The number of rotatable bonds is 4. The van der Waals surface area contributed by atoms with Crippen LogP contribution < -0.4 is 9.64 Å². The van der Waals surface area contributed by atoms with Crippen LogP contribution in [-0.4, -0.2) is 31.8 Å². The predicted octanol–water partition coefficient (Wildman–Crippen LogP) is 5.08. The molecule has 0 aromatic heterocycles. The lowest BCUT2D eigenvalue weighted by molar-refractivity contribution is -0.119. The van der Waals surface area contributed by atoms with Crippen molar-refractivity contribution in [3.8, 4) is 5.75 Å². The lowest BCUT2D eigenvalue weighted by Crippen LogP contribution is -2.36. The fraction of sp³-hybridized carbons (Fsp3) is 0.200. The first-order valence-corrected chi connectivity index (χ1v) is 10.2. The quantitative estimate of drug-likeness (QED) is 0.592. The van der Waals surface area contributed by atoms with E-state index in [-0.39, 0.29) is 5.91 Å². The van der Waals surface area contributed by atoms with Gasteiger partial charge in [0.25, 0.3) is 5.91 Å². The highest BCUT2D eigenvalue weighted by Crippen LogP contribution is 2.31. The topological polar surface area (TPSA) is 41.9 Å². The highest BCUT2D eigenvalue weighted by molar-refractivity contribution is 6.32. The lowest BCUT2D eigenvalue weighted by Gasteiger charge is -2.21. The highest BCUT2D eigenvalue weighted by atomic mass is 35.5. The number of carbonyl (C=O) groups excluding carboxylic acids is 1. The Morgan fingerprint density at radius 3 is 2.50 bits per heavy atom. The zero-order valence-electron chi connectivity index (χ0n) is 17.2. The third-order valence-corrected chi connectivity index (χ3v) is 5.75. The minimum Gasteiger partial charge on any atom is -0.497 e. The Morgan fingerprint density at radius 2 is 1.80 bits per heavy atom. The SMILES string of the molecule is COc1ccc(C2=NC(Cc3ccccc3C)C(=O)N(C)c3ccc(Cl)cc32)cc1. The molecular formula is C25H23ClN2O2. The number of nitrogens with zero attached hydrogens (tertiary/aromatic N) is 2. The Hall–Kier alpha value is -3.11. The fourth-order valence-corrected chi connectivity index (χ4v) is 3.94. The Bertz CT molecular complexity index is 1120. The van der Waals surface area contributed by atoms with Crippen molar-refractivity contribution in [3.05, 3.63) is 94.0 Å². The molecule has 3 aromatic rings. The minimum absolute atomic E-state index is 0.0367. The van der Waals surface area contributed by atoms with E-state index in [1.165, 1.54) is 0 Å². The Balaban J connectivity index is 1.87. The number of benzene rings is 3. The number of likely N-dealkylation sites (N-methyl/N-ethyl adjacent to an activating group) is 1. The molecule has 4 nitrogen and oxygen atoms in total. The van der Waals surface area contributed by atoms with E-state index in [2.05, 4.69) is 19.1 Å². The maximum atomic E-state index is 13.4. The molecule has 0 spiro atoms. The van der Waals surface area contributed by atoms with Gasteiger partial charge in [0.2, 0.25) is 0 Å². The molecule has 1 aliphatic heterocycles. The molecule has 0 radical (unpaired) electrons. The number of aryl methyl sites for hydroxylation is 1. The van der Waals surface area contributed by atoms with Crippen molar-refractivity contribution < 1.29 is 9.53 Å². The number of ether oxygens (including phenoxy) is 1. The number of anilines is 1. The van der Waals surface area contributed by atoms with Gasteiger partial charge in [0, 0.05) is 29.6 Å². The summed E-state index contributed by atoms with van der Waals surface area (Å²) in [6, 6.07) is 20.9. The summed E-state index contributed by atoms with van der Waals surface area (Å²) in [5, 5.41) is 0.605. The summed E-state index contributed by atoms with van der Waals surface area (Å²) < 4.78 is 5.29. The Morgan fingerprint density at radius 1 is 1.07 bits per heavy atom. The van der Waals surface area contributed by atoms with E-state index >= 15 is 0 Å². The lowest BCUT2D eigenvalue weighted by atomic mass is 9.99. The smallest absolute Gasteiger partial charge is 0.251 e. The van der Waals surface area contributed by atoms with Crippen LogP contribution in [0.1, 0.15) is 22.3 Å². The van der Waals surface area contributed by atoms with Crippen LogP contribution in [0.15, 0.2) is 71.7 Å². The first kappa shape index (κ1) is 20.2. The van der Waals surface area contributed by atoms with Gasteiger partial charge in [0.15, 0.2) is 0 Å². The summed E-state index contributed by atoms with van der Waals surface area (Å²) >= 11 is 6.32. The van der Waals surface area contributed by atoms with Crippen LogP contribution in [0.3, 0.4) is 0 Å². The van der Waals surface area contributed by atoms with Crippen LogP contribution in [0, 0.1) is 6.92 Å². The van der Waals surface area contributed by atoms with Gasteiger partial charge < -0.3 is 9.64 Å². The average molecular weight is 419 g/mol. The zero-order valence-corrected chi connectivity index (χ0v) is 18.0. The number of hydrogen-bond donors (Lipinski definition) is 0. The standard InChI is InChI=1S/C25H23ClN2O2/c1-16-6-4-5-7-18(16)14-22-25(29)28(2)23-13-10-19(26)15-21(23)24(27-22)17-8-11-20(30-3)12-9-17/h4-13,15,22H,14H2,1-3H3. The van der Waals surface area contributed by atoms with E-state index < -0.39 is 6.04 Å². The van der Waals surface area contributed by atoms with Gasteiger partial charge in [-0.1, -0.05) is 35.9 Å². The third-order valence-electron chi connectivity index (χ3n) is 5.51. The second-order valence-corrected chi connectivity index (χ2v) is 7.85. The third kappa shape index (κ3) is 3.83. The molecule has 0 fully saturated rings. The first-order valence-electron chi connectivity index (χ1n) is 9.82. The summed E-state index contributed by atoms with van der Waals surface area (Å²) in [7, 11) is 3.44. The molecular weight excluding hydrogens is 396 g/mol. The van der Waals surface area contributed by atoms with Gasteiger partial charge in [-0.2, -0.15) is 0 Å². The van der Waals surface area contributed by atoms with Crippen molar-refractivity contribution in [1.29, 1.82) is 0 Å². The molecule has 1 aliphatic rings. The minimum atomic E-state index is -0.528. The highest BCUT2D eigenvalue weighted by Gasteiger charge is 2.30. The number of methoxy groups -OCH3 is 1. The molecule has 0 aliphatic carbocycles. The first-order chi connectivity index (χ1) is 14.5. The summed E-state index contributed by atoms with van der Waals surface area (Å²) in [4.78, 5) is 20.0. The summed E-state index contributed by atoms with van der Waals surface area (Å²) in [5.74, 6) is 0.731. The molecule has 30 heavy (non-hydrogen) atoms. The predicted molar refractivity (Wildman–Crippen MR) is 122 cm³/mol. The molecule has 4 rings (SSSR count). The van der Waals surface area contributed by atoms with E-state index in [0.717, 1.165) is 39.4 Å². The maximum Gasteiger partial charge on any atom is 0.251 e. The Labute approximate surface area is 181 Å². The van der Waals surface area contributed by atoms with Crippen LogP contribution in [0.4, 0.5) is 5.69 Å². The number of benzodiazepines with no additional fused rings is 1. The van der Waals surface area contributed by atoms with Gasteiger partial charge in [-0.3, -0.25) is 9.79 Å². The van der Waals surface area contributed by atoms with E-state index in [0.29, 0.717) is 11.4 Å². The molecule has 1 heterocycles. The van der Waals surface area contributed by atoms with Crippen molar-refractivity contribution in [3.63, 3.8) is 0 Å². The summed E-state index contributed by atoms with van der Waals surface area (Å²) in [5.41, 5.74) is 5.58. The molecule has 0 saturated heterocycles. The van der Waals surface area contributed by atoms with Gasteiger partial charge in [-0.05, 0) is 60.5 Å². The second kappa shape index (κ2) is 8.33. The van der Waals surface area contributed by atoms with Crippen LogP contribution >= 0.6 is 11.6 Å². The number of carbonyl (C=O) groups is 1. The normalized spacial score (nSPS) is 16.0. The molecule has 152 valence electrons.